The zero-order chi connectivity index (χ0) is 14.1. The Kier molecular flexibility index (Phi) is 6.43. The minimum absolute atomic E-state index is 0.181. The van der Waals surface area contributed by atoms with Gasteiger partial charge in [0.25, 0.3) is 5.91 Å². The van der Waals surface area contributed by atoms with Gasteiger partial charge in [-0.25, -0.2) is 4.79 Å². The summed E-state index contributed by atoms with van der Waals surface area (Å²) in [5, 5.41) is 11.4. The first-order valence-corrected chi connectivity index (χ1v) is 6.33. The molecule has 0 heterocycles. The van der Waals surface area contributed by atoms with Crippen LogP contribution in [0.25, 0.3) is 0 Å². The minimum atomic E-state index is -1.01. The Bertz CT molecular complexity index is 405. The van der Waals surface area contributed by atoms with Crippen molar-refractivity contribution in [1.29, 1.82) is 0 Å². The molecule has 0 aromatic heterocycles. The molecular formula is C14H19NO4. The number of para-hydroxylation sites is 1. The molecule has 19 heavy (non-hydrogen) atoms. The van der Waals surface area contributed by atoms with Crippen LogP contribution in [0.3, 0.4) is 0 Å². The van der Waals surface area contributed by atoms with Gasteiger partial charge in [-0.2, -0.15) is 0 Å². The normalized spacial score (nSPS) is 11.6. The summed E-state index contributed by atoms with van der Waals surface area (Å²) in [6, 6.07) is 8.08. The highest BCUT2D eigenvalue weighted by Crippen LogP contribution is 2.08. The first-order valence-electron chi connectivity index (χ1n) is 6.33. The molecule has 5 heteroatoms. The van der Waals surface area contributed by atoms with Gasteiger partial charge in [0.15, 0.2) is 6.61 Å². The van der Waals surface area contributed by atoms with Crippen molar-refractivity contribution in [1.82, 2.24) is 5.32 Å². The first kappa shape index (κ1) is 15.0. The molecule has 0 fully saturated rings. The second-order valence-electron chi connectivity index (χ2n) is 4.20. The van der Waals surface area contributed by atoms with Crippen LogP contribution in [0.15, 0.2) is 30.3 Å². The Hall–Kier alpha value is -2.04. The lowest BCUT2D eigenvalue weighted by Crippen LogP contribution is -2.42. The van der Waals surface area contributed by atoms with Gasteiger partial charge in [0.2, 0.25) is 0 Å². The molecule has 2 N–H and O–H groups in total. The summed E-state index contributed by atoms with van der Waals surface area (Å²) < 4.78 is 5.25. The molecule has 0 saturated heterocycles. The Balaban J connectivity index is 2.38. The smallest absolute Gasteiger partial charge is 0.326 e. The van der Waals surface area contributed by atoms with Crippen LogP contribution in [-0.4, -0.2) is 29.6 Å². The molecule has 1 aromatic carbocycles. The number of carbonyl (C=O) groups is 2. The van der Waals surface area contributed by atoms with Crippen LogP contribution < -0.4 is 10.1 Å². The van der Waals surface area contributed by atoms with Crippen molar-refractivity contribution in [3.8, 4) is 5.75 Å². The number of rotatable bonds is 8. The summed E-state index contributed by atoms with van der Waals surface area (Å²) in [6.45, 7) is 1.79. The van der Waals surface area contributed by atoms with Gasteiger partial charge in [0.05, 0.1) is 0 Å². The standard InChI is InChI=1S/C14H19NO4/c1-2-3-9-12(14(17)18)15-13(16)10-19-11-7-5-4-6-8-11/h4-8,12H,2-3,9-10H2,1H3,(H,15,16)(H,17,18)/t12-/m0/s1. The van der Waals surface area contributed by atoms with Crippen LogP contribution in [0.4, 0.5) is 0 Å². The molecule has 1 atom stereocenters. The second-order valence-corrected chi connectivity index (χ2v) is 4.20. The number of carboxylic acids is 1. The van der Waals surface area contributed by atoms with Gasteiger partial charge in [-0.3, -0.25) is 4.79 Å². The fraction of sp³-hybridized carbons (Fsp3) is 0.429. The summed E-state index contributed by atoms with van der Waals surface area (Å²) in [5.41, 5.74) is 0. The van der Waals surface area contributed by atoms with E-state index in [2.05, 4.69) is 5.32 Å². The van der Waals surface area contributed by atoms with Crippen LogP contribution in [-0.2, 0) is 9.59 Å². The summed E-state index contributed by atoms with van der Waals surface area (Å²) in [6.07, 6.45) is 2.08. The van der Waals surface area contributed by atoms with E-state index in [1.54, 1.807) is 24.3 Å². The summed E-state index contributed by atoms with van der Waals surface area (Å²) >= 11 is 0. The van der Waals surface area contributed by atoms with Gasteiger partial charge in [-0.1, -0.05) is 38.0 Å². The summed E-state index contributed by atoms with van der Waals surface area (Å²) in [5.74, 6) is -0.855. The van der Waals surface area contributed by atoms with Crippen molar-refractivity contribution in [3.63, 3.8) is 0 Å². The number of carbonyl (C=O) groups excluding carboxylic acids is 1. The largest absolute Gasteiger partial charge is 0.484 e. The van der Waals surface area contributed by atoms with Crippen LogP contribution in [0.1, 0.15) is 26.2 Å². The van der Waals surface area contributed by atoms with E-state index < -0.39 is 17.9 Å². The van der Waals surface area contributed by atoms with Gasteiger partial charge in [-0.05, 0) is 18.6 Å². The number of benzene rings is 1. The maximum atomic E-state index is 11.6. The number of nitrogens with one attached hydrogen (secondary N) is 1. The third-order valence-corrected chi connectivity index (χ3v) is 2.59. The molecule has 5 nitrogen and oxygen atoms in total. The third kappa shape index (κ3) is 5.90. The fourth-order valence-corrected chi connectivity index (χ4v) is 1.57. The van der Waals surface area contributed by atoms with E-state index in [9.17, 15) is 9.59 Å². The maximum absolute atomic E-state index is 11.6. The number of unbranched alkanes of at least 4 members (excludes halogenated alkanes) is 1. The zero-order valence-corrected chi connectivity index (χ0v) is 11.0. The van der Waals surface area contributed by atoms with Crippen LogP contribution in [0.5, 0.6) is 5.75 Å². The van der Waals surface area contributed by atoms with E-state index >= 15 is 0 Å². The Labute approximate surface area is 112 Å². The highest BCUT2D eigenvalue weighted by atomic mass is 16.5. The zero-order valence-electron chi connectivity index (χ0n) is 11.0. The van der Waals surface area contributed by atoms with E-state index in [-0.39, 0.29) is 6.61 Å². The number of aliphatic carboxylic acids is 1. The van der Waals surface area contributed by atoms with Crippen molar-refractivity contribution in [3.05, 3.63) is 30.3 Å². The topological polar surface area (TPSA) is 75.6 Å². The molecule has 0 aliphatic carbocycles. The lowest BCUT2D eigenvalue weighted by atomic mass is 10.1. The van der Waals surface area contributed by atoms with Gasteiger partial charge >= 0.3 is 5.97 Å². The monoisotopic (exact) mass is 265 g/mol. The van der Waals surface area contributed by atoms with E-state index in [4.69, 9.17) is 9.84 Å². The van der Waals surface area contributed by atoms with Crippen LogP contribution in [0.2, 0.25) is 0 Å². The van der Waals surface area contributed by atoms with Crippen molar-refractivity contribution < 1.29 is 19.4 Å². The van der Waals surface area contributed by atoms with Crippen LogP contribution >= 0.6 is 0 Å². The van der Waals surface area contributed by atoms with Gasteiger partial charge < -0.3 is 15.2 Å². The molecule has 0 saturated carbocycles. The number of amides is 1. The van der Waals surface area contributed by atoms with Gasteiger partial charge in [-0.15, -0.1) is 0 Å². The van der Waals surface area contributed by atoms with E-state index in [0.717, 1.165) is 12.8 Å². The van der Waals surface area contributed by atoms with Crippen molar-refractivity contribution >= 4 is 11.9 Å². The van der Waals surface area contributed by atoms with E-state index in [1.165, 1.54) is 0 Å². The highest BCUT2D eigenvalue weighted by molar-refractivity contribution is 5.84. The Morgan fingerprint density at radius 3 is 2.58 bits per heavy atom. The molecule has 0 bridgehead atoms. The van der Waals surface area contributed by atoms with Crippen molar-refractivity contribution in [2.24, 2.45) is 0 Å². The van der Waals surface area contributed by atoms with Crippen molar-refractivity contribution in [2.75, 3.05) is 6.61 Å². The molecule has 0 aliphatic heterocycles. The predicted octanol–water partition coefficient (Wildman–Crippen LogP) is 1.82. The Morgan fingerprint density at radius 2 is 2.00 bits per heavy atom. The predicted molar refractivity (Wildman–Crippen MR) is 71.0 cm³/mol. The van der Waals surface area contributed by atoms with Gasteiger partial charge in [0.1, 0.15) is 11.8 Å². The average Bonchev–Trinajstić information content (AvgIpc) is 2.42. The van der Waals surface area contributed by atoms with E-state index in [1.807, 2.05) is 13.0 Å². The van der Waals surface area contributed by atoms with E-state index in [0.29, 0.717) is 12.2 Å². The Morgan fingerprint density at radius 1 is 1.32 bits per heavy atom. The minimum Gasteiger partial charge on any atom is -0.484 e. The average molecular weight is 265 g/mol. The van der Waals surface area contributed by atoms with Crippen LogP contribution in [0, 0.1) is 0 Å². The molecular weight excluding hydrogens is 246 g/mol. The molecule has 1 aromatic rings. The number of hydrogen-bond acceptors (Lipinski definition) is 3. The first-order chi connectivity index (χ1) is 9.13. The number of hydrogen-bond donors (Lipinski definition) is 2. The number of carboxylic acid groups (broad SMARTS) is 1. The summed E-state index contributed by atoms with van der Waals surface area (Å²) in [7, 11) is 0. The molecule has 1 amide bonds. The fourth-order valence-electron chi connectivity index (χ4n) is 1.57. The maximum Gasteiger partial charge on any atom is 0.326 e. The molecule has 1 rings (SSSR count). The number of ether oxygens (including phenoxy) is 1. The molecule has 0 radical (unpaired) electrons. The molecule has 104 valence electrons. The molecule has 0 spiro atoms. The SMILES string of the molecule is CCCC[C@H](NC(=O)COc1ccccc1)C(=O)O. The summed E-state index contributed by atoms with van der Waals surface area (Å²) in [4.78, 5) is 22.6. The quantitative estimate of drug-likeness (QED) is 0.752. The molecule has 0 unspecified atom stereocenters. The van der Waals surface area contributed by atoms with Crippen molar-refractivity contribution in [2.45, 2.75) is 32.2 Å². The second kappa shape index (κ2) is 8.13. The highest BCUT2D eigenvalue weighted by Gasteiger charge is 2.19. The van der Waals surface area contributed by atoms with Gasteiger partial charge in [0, 0.05) is 0 Å². The third-order valence-electron chi connectivity index (χ3n) is 2.59. The lowest BCUT2D eigenvalue weighted by Gasteiger charge is -2.14. The lowest BCUT2D eigenvalue weighted by molar-refractivity contribution is -0.142. The molecule has 0 aliphatic rings.